The first-order valence-electron chi connectivity index (χ1n) is 6.48. The Bertz CT molecular complexity index is 692. The third kappa shape index (κ3) is 2.40. The predicted octanol–water partition coefficient (Wildman–Crippen LogP) is 3.80. The van der Waals surface area contributed by atoms with Crippen LogP contribution in [0.3, 0.4) is 0 Å². The van der Waals surface area contributed by atoms with Gasteiger partial charge in [0.25, 0.3) is 0 Å². The van der Waals surface area contributed by atoms with Crippen LogP contribution in [-0.4, -0.2) is 16.7 Å². The molecule has 0 atom stereocenters. The molecule has 3 aromatic rings. The monoisotopic (exact) mass is 266 g/mol. The van der Waals surface area contributed by atoms with Crippen LogP contribution < -0.4 is 4.74 Å². The SMILES string of the molecule is CCOc1ccccc1-c1cc(-c2cccnc2)on1. The standard InChI is InChI=1S/C16H14N2O2/c1-2-19-15-8-4-3-7-13(15)14-10-16(20-18-14)12-6-5-9-17-11-12/h3-11H,2H2,1H3. The van der Waals surface area contributed by atoms with Crippen molar-refractivity contribution in [3.05, 3.63) is 54.9 Å². The predicted molar refractivity (Wildman–Crippen MR) is 76.3 cm³/mol. The van der Waals surface area contributed by atoms with Gasteiger partial charge in [0.2, 0.25) is 0 Å². The van der Waals surface area contributed by atoms with Crippen LogP contribution in [0.5, 0.6) is 5.75 Å². The second-order valence-corrected chi connectivity index (χ2v) is 4.25. The van der Waals surface area contributed by atoms with Gasteiger partial charge >= 0.3 is 0 Å². The zero-order valence-electron chi connectivity index (χ0n) is 11.1. The van der Waals surface area contributed by atoms with E-state index >= 15 is 0 Å². The Balaban J connectivity index is 1.98. The van der Waals surface area contributed by atoms with E-state index in [9.17, 15) is 0 Å². The molecule has 0 fully saturated rings. The molecule has 0 aliphatic heterocycles. The lowest BCUT2D eigenvalue weighted by Gasteiger charge is -2.06. The normalized spacial score (nSPS) is 10.4. The van der Waals surface area contributed by atoms with E-state index in [2.05, 4.69) is 10.1 Å². The van der Waals surface area contributed by atoms with Crippen molar-refractivity contribution >= 4 is 0 Å². The van der Waals surface area contributed by atoms with E-state index < -0.39 is 0 Å². The first kappa shape index (κ1) is 12.4. The smallest absolute Gasteiger partial charge is 0.169 e. The minimum absolute atomic E-state index is 0.615. The van der Waals surface area contributed by atoms with Gasteiger partial charge in [0.15, 0.2) is 5.76 Å². The van der Waals surface area contributed by atoms with Crippen LogP contribution in [-0.2, 0) is 0 Å². The molecule has 0 aliphatic rings. The van der Waals surface area contributed by atoms with Gasteiger partial charge in [-0.25, -0.2) is 0 Å². The van der Waals surface area contributed by atoms with Crippen molar-refractivity contribution in [3.63, 3.8) is 0 Å². The maximum absolute atomic E-state index is 5.61. The van der Waals surface area contributed by atoms with Crippen LogP contribution in [0.15, 0.2) is 59.4 Å². The lowest BCUT2D eigenvalue weighted by atomic mass is 10.1. The summed E-state index contributed by atoms with van der Waals surface area (Å²) in [6.07, 6.45) is 3.48. The molecule has 0 N–H and O–H groups in total. The van der Waals surface area contributed by atoms with Crippen molar-refractivity contribution in [2.75, 3.05) is 6.61 Å². The number of aromatic nitrogens is 2. The van der Waals surface area contributed by atoms with E-state index in [0.717, 1.165) is 22.6 Å². The van der Waals surface area contributed by atoms with Crippen molar-refractivity contribution in [1.82, 2.24) is 10.1 Å². The Morgan fingerprint density at radius 3 is 2.85 bits per heavy atom. The fraction of sp³-hybridized carbons (Fsp3) is 0.125. The second-order valence-electron chi connectivity index (χ2n) is 4.25. The molecular weight excluding hydrogens is 252 g/mol. The summed E-state index contributed by atoms with van der Waals surface area (Å²) in [5.74, 6) is 1.50. The fourth-order valence-electron chi connectivity index (χ4n) is 2.01. The Labute approximate surface area is 117 Å². The molecule has 1 aromatic carbocycles. The largest absolute Gasteiger partial charge is 0.493 e. The summed E-state index contributed by atoms with van der Waals surface area (Å²) in [5, 5.41) is 4.12. The number of para-hydroxylation sites is 1. The van der Waals surface area contributed by atoms with Gasteiger partial charge < -0.3 is 9.26 Å². The summed E-state index contributed by atoms with van der Waals surface area (Å²) in [5.41, 5.74) is 2.58. The molecule has 0 unspecified atom stereocenters. The Kier molecular flexibility index (Phi) is 3.46. The van der Waals surface area contributed by atoms with Crippen molar-refractivity contribution < 1.29 is 9.26 Å². The second kappa shape index (κ2) is 5.57. The lowest BCUT2D eigenvalue weighted by Crippen LogP contribution is -1.93. The summed E-state index contributed by atoms with van der Waals surface area (Å²) >= 11 is 0. The Morgan fingerprint density at radius 2 is 2.05 bits per heavy atom. The van der Waals surface area contributed by atoms with E-state index in [-0.39, 0.29) is 0 Å². The number of ether oxygens (including phenoxy) is 1. The van der Waals surface area contributed by atoms with Crippen LogP contribution in [0.2, 0.25) is 0 Å². The minimum Gasteiger partial charge on any atom is -0.493 e. The van der Waals surface area contributed by atoms with Crippen LogP contribution >= 0.6 is 0 Å². The molecule has 0 aliphatic carbocycles. The zero-order valence-corrected chi connectivity index (χ0v) is 11.1. The number of rotatable bonds is 4. The van der Waals surface area contributed by atoms with Gasteiger partial charge in [0.1, 0.15) is 11.4 Å². The van der Waals surface area contributed by atoms with E-state index in [1.807, 2.05) is 49.4 Å². The quantitative estimate of drug-likeness (QED) is 0.720. The van der Waals surface area contributed by atoms with Crippen molar-refractivity contribution in [2.24, 2.45) is 0 Å². The van der Waals surface area contributed by atoms with Gasteiger partial charge in [-0.2, -0.15) is 0 Å². The first-order valence-corrected chi connectivity index (χ1v) is 6.48. The molecule has 4 heteroatoms. The van der Waals surface area contributed by atoms with Crippen LogP contribution in [0.1, 0.15) is 6.92 Å². The van der Waals surface area contributed by atoms with Gasteiger partial charge in [-0.3, -0.25) is 4.98 Å². The number of nitrogens with zero attached hydrogens (tertiary/aromatic N) is 2. The highest BCUT2D eigenvalue weighted by Gasteiger charge is 2.12. The van der Waals surface area contributed by atoms with Gasteiger partial charge in [-0.15, -0.1) is 0 Å². The Hall–Kier alpha value is -2.62. The van der Waals surface area contributed by atoms with Gasteiger partial charge in [0.05, 0.1) is 6.61 Å². The maximum atomic E-state index is 5.61. The number of hydrogen-bond acceptors (Lipinski definition) is 4. The van der Waals surface area contributed by atoms with Crippen molar-refractivity contribution in [1.29, 1.82) is 0 Å². The fourth-order valence-corrected chi connectivity index (χ4v) is 2.01. The highest BCUT2D eigenvalue weighted by atomic mass is 16.5. The third-order valence-electron chi connectivity index (χ3n) is 2.92. The lowest BCUT2D eigenvalue weighted by molar-refractivity contribution is 0.341. The van der Waals surface area contributed by atoms with E-state index in [4.69, 9.17) is 9.26 Å². The molecule has 2 heterocycles. The van der Waals surface area contributed by atoms with Gasteiger partial charge in [-0.1, -0.05) is 17.3 Å². The molecule has 0 amide bonds. The number of hydrogen-bond donors (Lipinski definition) is 0. The summed E-state index contributed by atoms with van der Waals surface area (Å²) in [7, 11) is 0. The highest BCUT2D eigenvalue weighted by molar-refractivity contribution is 5.70. The average Bonchev–Trinajstić information content (AvgIpc) is 2.99. The molecule has 4 nitrogen and oxygen atoms in total. The Morgan fingerprint density at radius 1 is 1.15 bits per heavy atom. The van der Waals surface area contributed by atoms with E-state index in [0.29, 0.717) is 12.4 Å². The summed E-state index contributed by atoms with van der Waals surface area (Å²) < 4.78 is 11.0. The number of benzene rings is 1. The summed E-state index contributed by atoms with van der Waals surface area (Å²) in [6.45, 7) is 2.57. The summed E-state index contributed by atoms with van der Waals surface area (Å²) in [6, 6.07) is 13.5. The molecule has 0 bridgehead atoms. The molecule has 3 rings (SSSR count). The van der Waals surface area contributed by atoms with Crippen LogP contribution in [0.4, 0.5) is 0 Å². The zero-order chi connectivity index (χ0) is 13.8. The molecule has 2 aromatic heterocycles. The van der Waals surface area contributed by atoms with Gasteiger partial charge in [0, 0.05) is 29.6 Å². The maximum Gasteiger partial charge on any atom is 0.169 e. The molecule has 0 spiro atoms. The van der Waals surface area contributed by atoms with Gasteiger partial charge in [-0.05, 0) is 31.2 Å². The first-order chi connectivity index (χ1) is 9.88. The molecule has 100 valence electrons. The number of pyridine rings is 1. The highest BCUT2D eigenvalue weighted by Crippen LogP contribution is 2.31. The average molecular weight is 266 g/mol. The molecule has 20 heavy (non-hydrogen) atoms. The van der Waals surface area contributed by atoms with Crippen LogP contribution in [0, 0.1) is 0 Å². The third-order valence-corrected chi connectivity index (χ3v) is 2.92. The van der Waals surface area contributed by atoms with E-state index in [1.54, 1.807) is 12.4 Å². The molecule has 0 saturated heterocycles. The summed E-state index contributed by atoms with van der Waals surface area (Å²) in [4.78, 5) is 4.08. The van der Waals surface area contributed by atoms with Crippen LogP contribution in [0.25, 0.3) is 22.6 Å². The topological polar surface area (TPSA) is 48.2 Å². The molecule has 0 saturated carbocycles. The molecule has 0 radical (unpaired) electrons. The van der Waals surface area contributed by atoms with E-state index in [1.165, 1.54) is 0 Å². The van der Waals surface area contributed by atoms with Crippen molar-refractivity contribution in [2.45, 2.75) is 6.92 Å². The van der Waals surface area contributed by atoms with Crippen molar-refractivity contribution in [3.8, 4) is 28.3 Å². The molecular formula is C16H14N2O2. The minimum atomic E-state index is 0.615.